The van der Waals surface area contributed by atoms with E-state index >= 15 is 0 Å². The Morgan fingerprint density at radius 1 is 1.17 bits per heavy atom. The Morgan fingerprint density at radius 2 is 1.90 bits per heavy atom. The molecule has 0 bridgehead atoms. The molecule has 8 heteroatoms. The Bertz CT molecular complexity index is 1090. The smallest absolute Gasteiger partial charge is 0.273 e. The zero-order valence-corrected chi connectivity index (χ0v) is 18.0. The second-order valence-corrected chi connectivity index (χ2v) is 8.37. The third-order valence-corrected chi connectivity index (χ3v) is 6.02. The highest BCUT2D eigenvalue weighted by atomic mass is 32.1. The maximum atomic E-state index is 13.4. The van der Waals surface area contributed by atoms with Crippen LogP contribution < -0.4 is 4.90 Å². The number of hydrogen-bond acceptors (Lipinski definition) is 6. The van der Waals surface area contributed by atoms with Gasteiger partial charge in [0.15, 0.2) is 5.13 Å². The summed E-state index contributed by atoms with van der Waals surface area (Å²) in [4.78, 5) is 32.6. The number of hydrogen-bond donors (Lipinski definition) is 0. The summed E-state index contributed by atoms with van der Waals surface area (Å²) in [6.45, 7) is 6.75. The Morgan fingerprint density at radius 3 is 2.55 bits per heavy atom. The van der Waals surface area contributed by atoms with Crippen molar-refractivity contribution in [2.24, 2.45) is 0 Å². The molecule has 0 saturated heterocycles. The van der Waals surface area contributed by atoms with E-state index in [4.69, 9.17) is 4.98 Å². The number of benzene rings is 2. The summed E-state index contributed by atoms with van der Waals surface area (Å²) in [6.07, 6.45) is 0. The summed E-state index contributed by atoms with van der Waals surface area (Å²) in [5, 5.41) is 11.9. The van der Waals surface area contributed by atoms with Crippen LogP contribution in [0, 0.1) is 30.9 Å². The van der Waals surface area contributed by atoms with E-state index < -0.39 is 4.92 Å². The molecule has 0 radical (unpaired) electrons. The van der Waals surface area contributed by atoms with E-state index in [0.29, 0.717) is 29.3 Å². The molecule has 1 amide bonds. The van der Waals surface area contributed by atoms with Gasteiger partial charge >= 0.3 is 0 Å². The van der Waals surface area contributed by atoms with Crippen molar-refractivity contribution in [3.8, 4) is 0 Å². The largest absolute Gasteiger partial charge is 0.308 e. The van der Waals surface area contributed by atoms with Crippen molar-refractivity contribution in [3.63, 3.8) is 0 Å². The molecule has 0 unspecified atom stereocenters. The van der Waals surface area contributed by atoms with E-state index in [1.54, 1.807) is 24.0 Å². The molecule has 3 aromatic rings. The number of nitrogens with zero attached hydrogens (tertiary/aromatic N) is 4. The van der Waals surface area contributed by atoms with E-state index in [9.17, 15) is 14.9 Å². The fourth-order valence-corrected chi connectivity index (χ4v) is 4.30. The van der Waals surface area contributed by atoms with Crippen molar-refractivity contribution >= 4 is 38.3 Å². The minimum atomic E-state index is -0.458. The van der Waals surface area contributed by atoms with Gasteiger partial charge in [0, 0.05) is 30.3 Å². The number of aryl methyl sites for hydroxylation is 2. The number of nitro groups is 1. The van der Waals surface area contributed by atoms with Gasteiger partial charge in [0.2, 0.25) is 0 Å². The van der Waals surface area contributed by atoms with Crippen LogP contribution in [0.15, 0.2) is 30.3 Å². The van der Waals surface area contributed by atoms with E-state index in [-0.39, 0.29) is 11.6 Å². The first-order valence-electron chi connectivity index (χ1n) is 9.27. The van der Waals surface area contributed by atoms with E-state index in [1.807, 2.05) is 38.9 Å². The Kier molecular flexibility index (Phi) is 5.95. The van der Waals surface area contributed by atoms with Gasteiger partial charge in [-0.2, -0.15) is 0 Å². The molecule has 0 N–H and O–H groups in total. The Hall–Kier alpha value is -2.84. The first-order valence-corrected chi connectivity index (χ1v) is 10.1. The minimum absolute atomic E-state index is 0.0563. The van der Waals surface area contributed by atoms with Gasteiger partial charge in [-0.05, 0) is 58.1 Å². The number of carbonyl (C=O) groups excluding carboxylic acids is 1. The molecule has 0 atom stereocenters. The Balaban J connectivity index is 2.09. The third kappa shape index (κ3) is 4.28. The van der Waals surface area contributed by atoms with Crippen LogP contribution >= 0.6 is 11.3 Å². The van der Waals surface area contributed by atoms with Gasteiger partial charge < -0.3 is 4.90 Å². The van der Waals surface area contributed by atoms with E-state index in [2.05, 4.69) is 6.07 Å². The lowest BCUT2D eigenvalue weighted by molar-refractivity contribution is -0.385. The minimum Gasteiger partial charge on any atom is -0.308 e. The average molecular weight is 413 g/mol. The van der Waals surface area contributed by atoms with E-state index in [0.717, 1.165) is 21.3 Å². The second kappa shape index (κ2) is 8.26. The van der Waals surface area contributed by atoms with Crippen molar-refractivity contribution in [1.29, 1.82) is 0 Å². The highest BCUT2D eigenvalue weighted by Crippen LogP contribution is 2.33. The number of nitro benzene ring substituents is 1. The van der Waals surface area contributed by atoms with Gasteiger partial charge in [-0.25, -0.2) is 4.98 Å². The van der Waals surface area contributed by atoms with Gasteiger partial charge in [-0.1, -0.05) is 23.5 Å². The summed E-state index contributed by atoms with van der Waals surface area (Å²) in [7, 11) is 3.88. The van der Waals surface area contributed by atoms with Crippen molar-refractivity contribution in [1.82, 2.24) is 9.88 Å². The van der Waals surface area contributed by atoms with Crippen LogP contribution in [0.1, 0.15) is 27.0 Å². The molecule has 1 aromatic heterocycles. The third-order valence-electron chi connectivity index (χ3n) is 4.79. The molecule has 152 valence electrons. The van der Waals surface area contributed by atoms with Crippen LogP contribution in [0.25, 0.3) is 10.2 Å². The molecule has 1 heterocycles. The number of rotatable bonds is 6. The molecule has 29 heavy (non-hydrogen) atoms. The zero-order valence-electron chi connectivity index (χ0n) is 17.2. The number of thiazole rings is 1. The number of carbonyl (C=O) groups is 1. The molecule has 0 aliphatic rings. The maximum absolute atomic E-state index is 13.4. The van der Waals surface area contributed by atoms with Crippen molar-refractivity contribution < 1.29 is 9.72 Å². The lowest BCUT2D eigenvalue weighted by atomic mass is 10.1. The normalized spacial score (nSPS) is 11.2. The summed E-state index contributed by atoms with van der Waals surface area (Å²) < 4.78 is 1.05. The molecule has 0 spiro atoms. The van der Waals surface area contributed by atoms with Crippen LogP contribution in [0.2, 0.25) is 0 Å². The lowest BCUT2D eigenvalue weighted by Gasteiger charge is -2.22. The van der Waals surface area contributed by atoms with Crippen LogP contribution in [0.5, 0.6) is 0 Å². The molecule has 0 aliphatic heterocycles. The molecule has 2 aromatic carbocycles. The fourth-order valence-electron chi connectivity index (χ4n) is 3.26. The summed E-state index contributed by atoms with van der Waals surface area (Å²) in [5.41, 5.74) is 3.73. The molecule has 7 nitrogen and oxygen atoms in total. The van der Waals surface area contributed by atoms with Gasteiger partial charge in [-0.3, -0.25) is 19.8 Å². The van der Waals surface area contributed by atoms with Gasteiger partial charge in [0.1, 0.15) is 0 Å². The van der Waals surface area contributed by atoms with Gasteiger partial charge in [0.25, 0.3) is 11.6 Å². The Labute approximate surface area is 173 Å². The van der Waals surface area contributed by atoms with Crippen molar-refractivity contribution in [2.45, 2.75) is 20.8 Å². The van der Waals surface area contributed by atoms with Gasteiger partial charge in [0.05, 0.1) is 15.1 Å². The number of aromatic nitrogens is 1. The molecular formula is C21H24N4O3S. The molecule has 3 rings (SSSR count). The fraction of sp³-hybridized carbons (Fsp3) is 0.333. The zero-order chi connectivity index (χ0) is 21.3. The standard InChI is InChI=1S/C21H24N4O3S/c1-13-11-14(2)19-17(12-13)22-21(29-19)24(10-9-23(4)5)20(26)16-7-6-8-18(15(16)3)25(27)28/h6-8,11-12H,9-10H2,1-5H3. The van der Waals surface area contributed by atoms with Crippen LogP contribution in [-0.2, 0) is 0 Å². The summed E-state index contributed by atoms with van der Waals surface area (Å²) in [6, 6.07) is 8.71. The number of anilines is 1. The number of likely N-dealkylation sites (N-methyl/N-ethyl adjacent to an activating group) is 1. The quantitative estimate of drug-likeness (QED) is 0.444. The number of fused-ring (bicyclic) bond motifs is 1. The summed E-state index contributed by atoms with van der Waals surface area (Å²) >= 11 is 1.47. The highest BCUT2D eigenvalue weighted by molar-refractivity contribution is 7.22. The predicted octanol–water partition coefficient (Wildman–Crippen LogP) is 4.34. The van der Waals surface area contributed by atoms with Crippen LogP contribution in [-0.4, -0.2) is 47.9 Å². The first kappa shape index (κ1) is 20.9. The van der Waals surface area contributed by atoms with Crippen molar-refractivity contribution in [3.05, 3.63) is 62.7 Å². The van der Waals surface area contributed by atoms with Crippen LogP contribution in [0.4, 0.5) is 10.8 Å². The van der Waals surface area contributed by atoms with Crippen molar-refractivity contribution in [2.75, 3.05) is 32.1 Å². The molecule has 0 fully saturated rings. The predicted molar refractivity (Wildman–Crippen MR) is 117 cm³/mol. The first-order chi connectivity index (χ1) is 13.7. The molecular weight excluding hydrogens is 388 g/mol. The summed E-state index contributed by atoms with van der Waals surface area (Å²) in [5.74, 6) is -0.276. The lowest BCUT2D eigenvalue weighted by Crippen LogP contribution is -2.37. The van der Waals surface area contributed by atoms with E-state index in [1.165, 1.54) is 17.4 Å². The topological polar surface area (TPSA) is 79.6 Å². The SMILES string of the molecule is Cc1cc(C)c2sc(N(CCN(C)C)C(=O)c3cccc([N+](=O)[O-])c3C)nc2c1. The molecule has 0 saturated carbocycles. The maximum Gasteiger partial charge on any atom is 0.273 e. The average Bonchev–Trinajstić information content (AvgIpc) is 3.05. The highest BCUT2D eigenvalue weighted by Gasteiger charge is 2.26. The monoisotopic (exact) mass is 412 g/mol. The number of amides is 1. The molecule has 0 aliphatic carbocycles. The van der Waals surface area contributed by atoms with Gasteiger partial charge in [-0.15, -0.1) is 0 Å². The van der Waals surface area contributed by atoms with Crippen LogP contribution in [0.3, 0.4) is 0 Å². The second-order valence-electron chi connectivity index (χ2n) is 7.39.